The van der Waals surface area contributed by atoms with Crippen LogP contribution in [0.3, 0.4) is 0 Å². The third-order valence-corrected chi connectivity index (χ3v) is 4.23. The molecule has 1 unspecified atom stereocenters. The Morgan fingerprint density at radius 2 is 1.92 bits per heavy atom. The van der Waals surface area contributed by atoms with Crippen LogP contribution in [0.25, 0.3) is 0 Å². The number of ether oxygens (including phenoxy) is 1. The van der Waals surface area contributed by atoms with Gasteiger partial charge in [-0.25, -0.2) is 0 Å². The summed E-state index contributed by atoms with van der Waals surface area (Å²) in [7, 11) is 0. The van der Waals surface area contributed by atoms with E-state index in [1.807, 2.05) is 24.3 Å². The lowest BCUT2D eigenvalue weighted by Crippen LogP contribution is -2.29. The van der Waals surface area contributed by atoms with Crippen molar-refractivity contribution in [2.75, 3.05) is 6.61 Å². The summed E-state index contributed by atoms with van der Waals surface area (Å²) in [5.74, 6) is 6.29. The smallest absolute Gasteiger partial charge is 0.246 e. The third-order valence-electron chi connectivity index (χ3n) is 4.23. The monoisotopic (exact) mass is 341 g/mol. The molecule has 0 aromatic heterocycles. The van der Waals surface area contributed by atoms with Gasteiger partial charge in [0.2, 0.25) is 5.91 Å². The van der Waals surface area contributed by atoms with Gasteiger partial charge in [-0.1, -0.05) is 36.6 Å². The molecule has 0 saturated heterocycles. The van der Waals surface area contributed by atoms with Crippen molar-refractivity contribution in [1.82, 2.24) is 5.32 Å². The highest BCUT2D eigenvalue weighted by atomic mass is 16.5. The molecular weight excluding hydrogens is 314 g/mol. The van der Waals surface area contributed by atoms with Crippen LogP contribution in [0.2, 0.25) is 0 Å². The Kier molecular flexibility index (Phi) is 8.21. The van der Waals surface area contributed by atoms with Gasteiger partial charge in [-0.2, -0.15) is 0 Å². The Bertz CT molecular complexity index is 625. The summed E-state index contributed by atoms with van der Waals surface area (Å²) in [4.78, 5) is 22.9. The molecule has 25 heavy (non-hydrogen) atoms. The Labute approximate surface area is 150 Å². The molecule has 1 N–H and O–H groups in total. The van der Waals surface area contributed by atoms with Gasteiger partial charge in [-0.3, -0.25) is 4.79 Å². The molecule has 0 saturated carbocycles. The van der Waals surface area contributed by atoms with E-state index in [-0.39, 0.29) is 24.4 Å². The van der Waals surface area contributed by atoms with Gasteiger partial charge >= 0.3 is 0 Å². The summed E-state index contributed by atoms with van der Waals surface area (Å²) in [6.45, 7) is 2.13. The zero-order valence-corrected chi connectivity index (χ0v) is 15.0. The topological polar surface area (TPSA) is 55.4 Å². The quantitative estimate of drug-likeness (QED) is 0.739. The number of carbonyl (C=O) groups excluding carboxylic acids is 2. The lowest BCUT2D eigenvalue weighted by molar-refractivity contribution is -0.127. The van der Waals surface area contributed by atoms with Gasteiger partial charge < -0.3 is 14.8 Å². The first-order valence-electron chi connectivity index (χ1n) is 9.07. The van der Waals surface area contributed by atoms with Crippen LogP contribution in [0.15, 0.2) is 24.3 Å². The maximum Gasteiger partial charge on any atom is 0.246 e. The van der Waals surface area contributed by atoms with E-state index in [2.05, 4.69) is 17.2 Å². The van der Waals surface area contributed by atoms with Crippen LogP contribution in [0.4, 0.5) is 0 Å². The molecule has 2 rings (SSSR count). The summed E-state index contributed by atoms with van der Waals surface area (Å²) < 4.78 is 5.62. The SMILES string of the molecule is CC(=O)CCc1ccc(CNC(=O)COC2C#CCCCCC2)cc1. The molecule has 4 heteroatoms. The van der Waals surface area contributed by atoms with Crippen molar-refractivity contribution in [3.05, 3.63) is 35.4 Å². The molecule has 0 fully saturated rings. The number of ketones is 1. The second kappa shape index (κ2) is 10.7. The minimum atomic E-state index is -0.121. The van der Waals surface area contributed by atoms with Crippen LogP contribution in [0, 0.1) is 11.8 Å². The molecule has 134 valence electrons. The van der Waals surface area contributed by atoms with E-state index in [0.29, 0.717) is 13.0 Å². The molecule has 0 bridgehead atoms. The molecule has 1 aromatic rings. The second-order valence-corrected chi connectivity index (χ2v) is 6.52. The van der Waals surface area contributed by atoms with Gasteiger partial charge in [-0.05, 0) is 43.7 Å². The lowest BCUT2D eigenvalue weighted by Gasteiger charge is -2.13. The Morgan fingerprint density at radius 1 is 1.16 bits per heavy atom. The van der Waals surface area contributed by atoms with Crippen molar-refractivity contribution in [3.63, 3.8) is 0 Å². The van der Waals surface area contributed by atoms with Gasteiger partial charge in [0.1, 0.15) is 18.5 Å². The van der Waals surface area contributed by atoms with Crippen LogP contribution in [0.1, 0.15) is 56.6 Å². The number of hydrogen-bond donors (Lipinski definition) is 1. The van der Waals surface area contributed by atoms with Crippen molar-refractivity contribution < 1.29 is 14.3 Å². The predicted molar refractivity (Wildman–Crippen MR) is 97.9 cm³/mol. The average Bonchev–Trinajstić information content (AvgIpc) is 2.58. The minimum Gasteiger partial charge on any atom is -0.356 e. The van der Waals surface area contributed by atoms with Crippen LogP contribution in [-0.2, 0) is 27.3 Å². The molecule has 1 aliphatic carbocycles. The highest BCUT2D eigenvalue weighted by Gasteiger charge is 2.10. The van der Waals surface area contributed by atoms with Gasteiger partial charge in [0.25, 0.3) is 0 Å². The molecule has 1 aromatic carbocycles. The molecule has 0 radical (unpaired) electrons. The molecule has 4 nitrogen and oxygen atoms in total. The number of rotatable bonds is 8. The summed E-state index contributed by atoms with van der Waals surface area (Å²) in [6, 6.07) is 7.98. The molecule has 0 aliphatic heterocycles. The molecule has 0 spiro atoms. The first kappa shape index (κ1) is 19.2. The Morgan fingerprint density at radius 3 is 2.68 bits per heavy atom. The fourth-order valence-corrected chi connectivity index (χ4v) is 2.68. The zero-order chi connectivity index (χ0) is 17.9. The molecule has 1 atom stereocenters. The van der Waals surface area contributed by atoms with E-state index in [4.69, 9.17) is 4.74 Å². The number of carbonyl (C=O) groups is 2. The maximum atomic E-state index is 11.9. The highest BCUT2D eigenvalue weighted by molar-refractivity contribution is 5.77. The Hall–Kier alpha value is -2.12. The van der Waals surface area contributed by atoms with Gasteiger partial charge in [0, 0.05) is 19.4 Å². The minimum absolute atomic E-state index is 0.0516. The number of nitrogens with one attached hydrogen (secondary N) is 1. The molecule has 1 aliphatic rings. The number of aryl methyl sites for hydroxylation is 1. The van der Waals surface area contributed by atoms with Gasteiger partial charge in [0.15, 0.2) is 0 Å². The Balaban J connectivity index is 1.69. The molecular formula is C21H27NO3. The van der Waals surface area contributed by atoms with Gasteiger partial charge in [-0.15, -0.1) is 5.92 Å². The van der Waals surface area contributed by atoms with Gasteiger partial charge in [0.05, 0.1) is 0 Å². The standard InChI is InChI=1S/C21H27NO3/c1-17(23)9-10-18-11-13-19(14-12-18)15-22-21(24)16-25-20-7-5-3-2-4-6-8-20/h11-14,20H,2-5,7,9-10,15-16H2,1H3,(H,22,24). The van der Waals surface area contributed by atoms with E-state index >= 15 is 0 Å². The van der Waals surface area contributed by atoms with E-state index in [1.165, 1.54) is 6.42 Å². The second-order valence-electron chi connectivity index (χ2n) is 6.52. The molecule has 1 amide bonds. The third kappa shape index (κ3) is 8.00. The predicted octanol–water partition coefficient (Wildman–Crippen LogP) is 3.18. The van der Waals surface area contributed by atoms with E-state index in [1.54, 1.807) is 6.92 Å². The van der Waals surface area contributed by atoms with Crippen molar-refractivity contribution in [1.29, 1.82) is 0 Å². The summed E-state index contributed by atoms with van der Waals surface area (Å²) in [5, 5.41) is 2.87. The van der Waals surface area contributed by atoms with Crippen molar-refractivity contribution >= 4 is 11.7 Å². The average molecular weight is 341 g/mol. The summed E-state index contributed by atoms with van der Waals surface area (Å²) >= 11 is 0. The fraction of sp³-hybridized carbons (Fsp3) is 0.524. The highest BCUT2D eigenvalue weighted by Crippen LogP contribution is 2.11. The first-order valence-corrected chi connectivity index (χ1v) is 9.07. The fourth-order valence-electron chi connectivity index (χ4n) is 2.68. The summed E-state index contributed by atoms with van der Waals surface area (Å²) in [5.41, 5.74) is 2.17. The first-order chi connectivity index (χ1) is 12.1. The number of Topliss-reactive ketones (excluding diaryl/α,β-unsaturated/α-hetero) is 1. The van der Waals surface area contributed by atoms with E-state index in [9.17, 15) is 9.59 Å². The summed E-state index contributed by atoms with van der Waals surface area (Å²) in [6.07, 6.45) is 6.49. The van der Waals surface area contributed by atoms with E-state index < -0.39 is 0 Å². The van der Waals surface area contributed by atoms with Crippen LogP contribution in [-0.4, -0.2) is 24.4 Å². The van der Waals surface area contributed by atoms with Crippen molar-refractivity contribution in [2.45, 2.75) is 64.5 Å². The molecule has 0 heterocycles. The number of hydrogen-bond acceptors (Lipinski definition) is 3. The maximum absolute atomic E-state index is 11.9. The van der Waals surface area contributed by atoms with Crippen molar-refractivity contribution in [3.8, 4) is 11.8 Å². The van der Waals surface area contributed by atoms with Crippen molar-refractivity contribution in [2.24, 2.45) is 0 Å². The van der Waals surface area contributed by atoms with Crippen LogP contribution >= 0.6 is 0 Å². The normalized spacial score (nSPS) is 16.9. The van der Waals surface area contributed by atoms with E-state index in [0.717, 1.165) is 43.2 Å². The largest absolute Gasteiger partial charge is 0.356 e. The zero-order valence-electron chi connectivity index (χ0n) is 15.0. The van der Waals surface area contributed by atoms with Crippen LogP contribution in [0.5, 0.6) is 0 Å². The number of benzene rings is 1. The number of amides is 1. The van der Waals surface area contributed by atoms with Crippen LogP contribution < -0.4 is 5.32 Å². The lowest BCUT2D eigenvalue weighted by atomic mass is 10.1.